The highest BCUT2D eigenvalue weighted by atomic mass is 16.6. The molecule has 9 nitrogen and oxygen atoms in total. The topological polar surface area (TPSA) is 126 Å². The molecular formula is C22H20N6O3. The summed E-state index contributed by atoms with van der Waals surface area (Å²) in [5.41, 5.74) is 3.37. The minimum Gasteiger partial charge on any atom is -0.373 e. The molecule has 0 bridgehead atoms. The first kappa shape index (κ1) is 20.1. The van der Waals surface area contributed by atoms with E-state index >= 15 is 0 Å². The number of fused-ring (bicyclic) bond motifs is 1. The van der Waals surface area contributed by atoms with Crippen molar-refractivity contribution in [2.24, 2.45) is 7.05 Å². The predicted octanol–water partition coefficient (Wildman–Crippen LogP) is 3.94. The van der Waals surface area contributed by atoms with E-state index in [1.165, 1.54) is 12.1 Å². The zero-order valence-electron chi connectivity index (χ0n) is 16.8. The molecule has 1 aliphatic carbocycles. The molecule has 2 aromatic carbocycles. The largest absolute Gasteiger partial charge is 0.373 e. The van der Waals surface area contributed by atoms with Gasteiger partial charge >= 0.3 is 0 Å². The van der Waals surface area contributed by atoms with E-state index in [0.717, 1.165) is 30.5 Å². The monoisotopic (exact) mass is 416 g/mol. The number of amides is 1. The molecule has 4 rings (SSSR count). The van der Waals surface area contributed by atoms with Crippen LogP contribution in [-0.2, 0) is 13.5 Å². The van der Waals surface area contributed by atoms with Gasteiger partial charge in [0.25, 0.3) is 11.6 Å². The SMILES string of the molecule is Cn1ncc2c1CCC[C@H]2Nc1ccc(C(=O)Nc2cccc(C#N)c2)cc1[N+](=O)[O-]. The van der Waals surface area contributed by atoms with E-state index in [-0.39, 0.29) is 17.3 Å². The first-order chi connectivity index (χ1) is 15.0. The molecule has 1 heterocycles. The Hall–Kier alpha value is -4.19. The van der Waals surface area contributed by atoms with Gasteiger partial charge in [-0.1, -0.05) is 6.07 Å². The highest BCUT2D eigenvalue weighted by Crippen LogP contribution is 2.35. The first-order valence-electron chi connectivity index (χ1n) is 9.83. The number of aryl methyl sites for hydroxylation is 1. The van der Waals surface area contributed by atoms with Crippen molar-refractivity contribution in [1.29, 1.82) is 5.26 Å². The van der Waals surface area contributed by atoms with Crippen molar-refractivity contribution in [1.82, 2.24) is 9.78 Å². The number of nitro benzene ring substituents is 1. The smallest absolute Gasteiger partial charge is 0.293 e. The molecule has 1 aliphatic rings. The van der Waals surface area contributed by atoms with Gasteiger partial charge < -0.3 is 10.6 Å². The number of benzene rings is 2. The van der Waals surface area contributed by atoms with Gasteiger partial charge in [0, 0.05) is 35.6 Å². The summed E-state index contributed by atoms with van der Waals surface area (Å²) in [5.74, 6) is -0.489. The fraction of sp³-hybridized carbons (Fsp3) is 0.227. The zero-order valence-corrected chi connectivity index (χ0v) is 16.8. The fourth-order valence-corrected chi connectivity index (χ4v) is 3.86. The second-order valence-corrected chi connectivity index (χ2v) is 7.40. The van der Waals surface area contributed by atoms with Crippen LogP contribution in [0.3, 0.4) is 0 Å². The minimum atomic E-state index is -0.498. The van der Waals surface area contributed by atoms with E-state index in [2.05, 4.69) is 15.7 Å². The lowest BCUT2D eigenvalue weighted by atomic mass is 9.92. The number of nitrogens with one attached hydrogen (secondary N) is 2. The number of carbonyl (C=O) groups excluding carboxylic acids is 1. The molecule has 31 heavy (non-hydrogen) atoms. The maximum atomic E-state index is 12.6. The van der Waals surface area contributed by atoms with Crippen LogP contribution in [0.4, 0.5) is 17.1 Å². The highest BCUT2D eigenvalue weighted by Gasteiger charge is 2.26. The molecule has 0 unspecified atom stereocenters. The summed E-state index contributed by atoms with van der Waals surface area (Å²) in [4.78, 5) is 23.8. The van der Waals surface area contributed by atoms with Crippen LogP contribution < -0.4 is 10.6 Å². The number of hydrogen-bond acceptors (Lipinski definition) is 6. The third kappa shape index (κ3) is 4.09. The number of nitriles is 1. The average molecular weight is 416 g/mol. The van der Waals surface area contributed by atoms with Gasteiger partial charge in [0.1, 0.15) is 5.69 Å². The van der Waals surface area contributed by atoms with Gasteiger partial charge in [0.2, 0.25) is 0 Å². The van der Waals surface area contributed by atoms with Crippen molar-refractivity contribution in [3.8, 4) is 6.07 Å². The lowest BCUT2D eigenvalue weighted by Gasteiger charge is -2.24. The maximum Gasteiger partial charge on any atom is 0.293 e. The van der Waals surface area contributed by atoms with Crippen LogP contribution in [-0.4, -0.2) is 20.6 Å². The number of nitrogens with zero attached hydrogens (tertiary/aromatic N) is 4. The van der Waals surface area contributed by atoms with Crippen molar-refractivity contribution in [3.05, 3.63) is 81.2 Å². The molecule has 156 valence electrons. The van der Waals surface area contributed by atoms with Gasteiger partial charge in [0.05, 0.1) is 28.8 Å². The fourth-order valence-electron chi connectivity index (χ4n) is 3.86. The maximum absolute atomic E-state index is 12.6. The predicted molar refractivity (Wildman–Crippen MR) is 115 cm³/mol. The summed E-state index contributed by atoms with van der Waals surface area (Å²) < 4.78 is 1.84. The summed E-state index contributed by atoms with van der Waals surface area (Å²) in [7, 11) is 1.89. The number of carbonyl (C=O) groups is 1. The van der Waals surface area contributed by atoms with Crippen LogP contribution in [0.5, 0.6) is 0 Å². The third-order valence-electron chi connectivity index (χ3n) is 5.41. The van der Waals surface area contributed by atoms with Gasteiger partial charge in [0.15, 0.2) is 0 Å². The van der Waals surface area contributed by atoms with E-state index in [0.29, 0.717) is 16.9 Å². The van der Waals surface area contributed by atoms with E-state index < -0.39 is 10.8 Å². The Morgan fingerprint density at radius 1 is 1.32 bits per heavy atom. The van der Waals surface area contributed by atoms with E-state index in [1.807, 2.05) is 17.8 Å². The number of hydrogen-bond donors (Lipinski definition) is 2. The number of nitro groups is 1. The van der Waals surface area contributed by atoms with Gasteiger partial charge in [-0.05, 0) is 49.6 Å². The van der Waals surface area contributed by atoms with Gasteiger partial charge in [-0.15, -0.1) is 0 Å². The molecule has 1 amide bonds. The van der Waals surface area contributed by atoms with Gasteiger partial charge in [-0.25, -0.2) is 0 Å². The second-order valence-electron chi connectivity index (χ2n) is 7.40. The van der Waals surface area contributed by atoms with Crippen molar-refractivity contribution >= 4 is 23.0 Å². The summed E-state index contributed by atoms with van der Waals surface area (Å²) in [6.45, 7) is 0. The van der Waals surface area contributed by atoms with Gasteiger partial charge in [-0.2, -0.15) is 10.4 Å². The third-order valence-corrected chi connectivity index (χ3v) is 5.41. The average Bonchev–Trinajstić information content (AvgIpc) is 3.16. The van der Waals surface area contributed by atoms with Crippen molar-refractivity contribution in [3.63, 3.8) is 0 Å². The lowest BCUT2D eigenvalue weighted by Crippen LogP contribution is -2.19. The Labute approximate surface area is 178 Å². The van der Waals surface area contributed by atoms with Gasteiger partial charge in [-0.3, -0.25) is 19.6 Å². The van der Waals surface area contributed by atoms with E-state index in [4.69, 9.17) is 5.26 Å². The number of aromatic nitrogens is 2. The quantitative estimate of drug-likeness (QED) is 0.479. The Bertz CT molecular complexity index is 1210. The Morgan fingerprint density at radius 3 is 2.94 bits per heavy atom. The molecular weight excluding hydrogens is 396 g/mol. The standard InChI is InChI=1S/C22H20N6O3/c1-27-20-7-3-6-18(17(20)13-24-27)26-19-9-8-15(11-21(19)28(30)31)22(29)25-16-5-2-4-14(10-16)12-23/h2,4-5,8-11,13,18,26H,3,6-7H2,1H3,(H,25,29)/t18-/m1/s1. The summed E-state index contributed by atoms with van der Waals surface area (Å²) in [5, 5.41) is 30.9. The molecule has 0 fully saturated rings. The first-order valence-corrected chi connectivity index (χ1v) is 9.83. The molecule has 1 aromatic heterocycles. The molecule has 0 saturated carbocycles. The summed E-state index contributed by atoms with van der Waals surface area (Å²) in [6.07, 6.45) is 4.53. The molecule has 0 radical (unpaired) electrons. The molecule has 0 saturated heterocycles. The van der Waals surface area contributed by atoms with Crippen LogP contribution in [0.2, 0.25) is 0 Å². The minimum absolute atomic E-state index is 0.0791. The molecule has 0 aliphatic heterocycles. The summed E-state index contributed by atoms with van der Waals surface area (Å²) in [6, 6.07) is 12.8. The lowest BCUT2D eigenvalue weighted by molar-refractivity contribution is -0.384. The van der Waals surface area contributed by atoms with E-state index in [9.17, 15) is 14.9 Å². The van der Waals surface area contributed by atoms with Crippen LogP contribution in [0.25, 0.3) is 0 Å². The van der Waals surface area contributed by atoms with Crippen LogP contribution in [0, 0.1) is 21.4 Å². The molecule has 9 heteroatoms. The Kier molecular flexibility index (Phi) is 5.37. The zero-order chi connectivity index (χ0) is 22.0. The van der Waals surface area contributed by atoms with Crippen LogP contribution in [0.15, 0.2) is 48.7 Å². The second kappa shape index (κ2) is 8.28. The van der Waals surface area contributed by atoms with Crippen molar-refractivity contribution < 1.29 is 9.72 Å². The summed E-state index contributed by atoms with van der Waals surface area (Å²) >= 11 is 0. The van der Waals surface area contributed by atoms with E-state index in [1.54, 1.807) is 36.5 Å². The van der Waals surface area contributed by atoms with Crippen LogP contribution in [0.1, 0.15) is 46.1 Å². The number of anilines is 2. The van der Waals surface area contributed by atoms with Crippen LogP contribution >= 0.6 is 0 Å². The normalized spacial score (nSPS) is 14.9. The molecule has 3 aromatic rings. The number of rotatable bonds is 5. The van der Waals surface area contributed by atoms with Crippen molar-refractivity contribution in [2.75, 3.05) is 10.6 Å². The Balaban J connectivity index is 1.58. The molecule has 0 spiro atoms. The highest BCUT2D eigenvalue weighted by molar-refractivity contribution is 6.05. The van der Waals surface area contributed by atoms with Crippen molar-refractivity contribution in [2.45, 2.75) is 25.3 Å². The Morgan fingerprint density at radius 2 is 2.16 bits per heavy atom. The molecule has 1 atom stereocenters. The molecule has 2 N–H and O–H groups in total.